The summed E-state index contributed by atoms with van der Waals surface area (Å²) in [5.41, 5.74) is 0. The molecule has 1 saturated heterocycles. The van der Waals surface area contributed by atoms with E-state index in [1.165, 1.54) is 6.42 Å². The Balaban J connectivity index is 2.16. The van der Waals surface area contributed by atoms with Gasteiger partial charge in [0.1, 0.15) is 0 Å². The quantitative estimate of drug-likeness (QED) is 0.718. The standard InChI is InChI=1S/C13H28N2O/c1-5-15(6-2)10-11(3)14-9-13-7-8-16-12(13)4/h11-14H,5-10H2,1-4H3. The van der Waals surface area contributed by atoms with Crippen LogP contribution in [0.5, 0.6) is 0 Å². The molecule has 1 N–H and O–H groups in total. The van der Waals surface area contributed by atoms with Crippen molar-refractivity contribution in [3.63, 3.8) is 0 Å². The van der Waals surface area contributed by atoms with Crippen molar-refractivity contribution in [2.45, 2.75) is 46.3 Å². The van der Waals surface area contributed by atoms with E-state index in [4.69, 9.17) is 4.74 Å². The second-order valence-electron chi connectivity index (χ2n) is 4.92. The van der Waals surface area contributed by atoms with Gasteiger partial charge in [0.05, 0.1) is 6.10 Å². The summed E-state index contributed by atoms with van der Waals surface area (Å²) in [4.78, 5) is 2.46. The molecule has 1 heterocycles. The normalized spacial score (nSPS) is 27.6. The molecule has 1 aliphatic rings. The number of hydrogen-bond acceptors (Lipinski definition) is 3. The molecule has 0 aromatic carbocycles. The molecule has 0 spiro atoms. The van der Waals surface area contributed by atoms with Crippen molar-refractivity contribution in [2.75, 3.05) is 32.8 Å². The van der Waals surface area contributed by atoms with Crippen molar-refractivity contribution >= 4 is 0 Å². The van der Waals surface area contributed by atoms with Gasteiger partial charge in [0.25, 0.3) is 0 Å². The van der Waals surface area contributed by atoms with Crippen LogP contribution in [-0.4, -0.2) is 49.8 Å². The maximum atomic E-state index is 5.57. The first-order valence-corrected chi connectivity index (χ1v) is 6.74. The Hall–Kier alpha value is -0.120. The van der Waals surface area contributed by atoms with Crippen LogP contribution in [0.1, 0.15) is 34.1 Å². The molecule has 0 radical (unpaired) electrons. The zero-order chi connectivity index (χ0) is 12.0. The fraction of sp³-hybridized carbons (Fsp3) is 1.00. The molecule has 3 nitrogen and oxygen atoms in total. The second-order valence-corrected chi connectivity index (χ2v) is 4.92. The number of nitrogens with zero attached hydrogens (tertiary/aromatic N) is 1. The van der Waals surface area contributed by atoms with Gasteiger partial charge in [-0.05, 0) is 39.3 Å². The van der Waals surface area contributed by atoms with Crippen molar-refractivity contribution in [3.8, 4) is 0 Å². The maximum Gasteiger partial charge on any atom is 0.0588 e. The third-order valence-electron chi connectivity index (χ3n) is 3.69. The maximum absolute atomic E-state index is 5.57. The highest BCUT2D eigenvalue weighted by molar-refractivity contribution is 4.76. The van der Waals surface area contributed by atoms with Crippen LogP contribution in [-0.2, 0) is 4.74 Å². The Kier molecular flexibility index (Phi) is 6.32. The molecule has 1 rings (SSSR count). The van der Waals surface area contributed by atoms with E-state index in [0.717, 1.165) is 32.8 Å². The third-order valence-corrected chi connectivity index (χ3v) is 3.69. The molecular formula is C13H28N2O. The van der Waals surface area contributed by atoms with Crippen LogP contribution in [0.3, 0.4) is 0 Å². The lowest BCUT2D eigenvalue weighted by Gasteiger charge is -2.25. The van der Waals surface area contributed by atoms with Gasteiger partial charge in [0.15, 0.2) is 0 Å². The van der Waals surface area contributed by atoms with Crippen LogP contribution < -0.4 is 5.32 Å². The number of rotatable bonds is 7. The average Bonchev–Trinajstić information content (AvgIpc) is 2.69. The molecule has 0 aromatic rings. The molecule has 1 fully saturated rings. The Morgan fingerprint density at radius 3 is 2.56 bits per heavy atom. The van der Waals surface area contributed by atoms with Crippen LogP contribution >= 0.6 is 0 Å². The van der Waals surface area contributed by atoms with Gasteiger partial charge in [-0.1, -0.05) is 13.8 Å². The molecule has 96 valence electrons. The van der Waals surface area contributed by atoms with Crippen molar-refractivity contribution in [1.82, 2.24) is 10.2 Å². The van der Waals surface area contributed by atoms with Crippen molar-refractivity contribution < 1.29 is 4.74 Å². The molecule has 0 amide bonds. The van der Waals surface area contributed by atoms with E-state index in [2.05, 4.69) is 37.9 Å². The predicted octanol–water partition coefficient (Wildman–Crippen LogP) is 1.73. The molecule has 0 bridgehead atoms. The van der Waals surface area contributed by atoms with E-state index in [1.807, 2.05) is 0 Å². The van der Waals surface area contributed by atoms with E-state index in [9.17, 15) is 0 Å². The zero-order valence-electron chi connectivity index (χ0n) is 11.3. The summed E-state index contributed by atoms with van der Waals surface area (Å²) in [6, 6.07) is 0.577. The van der Waals surface area contributed by atoms with Crippen LogP contribution in [0.15, 0.2) is 0 Å². The average molecular weight is 228 g/mol. The van der Waals surface area contributed by atoms with Crippen LogP contribution in [0.2, 0.25) is 0 Å². The highest BCUT2D eigenvalue weighted by Gasteiger charge is 2.24. The molecule has 0 saturated carbocycles. The number of likely N-dealkylation sites (N-methyl/N-ethyl adjacent to an activating group) is 1. The van der Waals surface area contributed by atoms with E-state index < -0.39 is 0 Å². The Bertz CT molecular complexity index is 183. The summed E-state index contributed by atoms with van der Waals surface area (Å²) in [5, 5.41) is 3.63. The lowest BCUT2D eigenvalue weighted by atomic mass is 10.0. The molecular weight excluding hydrogens is 200 g/mol. The van der Waals surface area contributed by atoms with Gasteiger partial charge in [-0.3, -0.25) is 0 Å². The van der Waals surface area contributed by atoms with Crippen molar-refractivity contribution in [3.05, 3.63) is 0 Å². The van der Waals surface area contributed by atoms with Crippen molar-refractivity contribution in [2.24, 2.45) is 5.92 Å². The number of ether oxygens (including phenoxy) is 1. The van der Waals surface area contributed by atoms with Crippen LogP contribution in [0.25, 0.3) is 0 Å². The van der Waals surface area contributed by atoms with E-state index in [-0.39, 0.29) is 0 Å². The van der Waals surface area contributed by atoms with E-state index in [0.29, 0.717) is 18.1 Å². The second kappa shape index (κ2) is 7.25. The minimum absolute atomic E-state index is 0.438. The fourth-order valence-corrected chi connectivity index (χ4v) is 2.33. The lowest BCUT2D eigenvalue weighted by Crippen LogP contribution is -2.41. The first-order chi connectivity index (χ1) is 7.67. The molecule has 0 aromatic heterocycles. The van der Waals surface area contributed by atoms with Crippen LogP contribution in [0.4, 0.5) is 0 Å². The topological polar surface area (TPSA) is 24.5 Å². The Labute approximate surface area is 101 Å². The molecule has 16 heavy (non-hydrogen) atoms. The molecule has 1 aliphatic heterocycles. The highest BCUT2D eigenvalue weighted by atomic mass is 16.5. The molecule has 3 atom stereocenters. The minimum atomic E-state index is 0.438. The zero-order valence-corrected chi connectivity index (χ0v) is 11.3. The van der Waals surface area contributed by atoms with Crippen LogP contribution in [0, 0.1) is 5.92 Å². The first-order valence-electron chi connectivity index (χ1n) is 6.74. The predicted molar refractivity (Wildman–Crippen MR) is 68.8 cm³/mol. The summed E-state index contributed by atoms with van der Waals surface area (Å²) < 4.78 is 5.57. The molecule has 3 heteroatoms. The number of nitrogens with one attached hydrogen (secondary N) is 1. The third kappa shape index (κ3) is 4.40. The summed E-state index contributed by atoms with van der Waals surface area (Å²) in [7, 11) is 0. The smallest absolute Gasteiger partial charge is 0.0588 e. The molecule has 0 aliphatic carbocycles. The highest BCUT2D eigenvalue weighted by Crippen LogP contribution is 2.19. The Morgan fingerprint density at radius 1 is 1.38 bits per heavy atom. The van der Waals surface area contributed by atoms with Gasteiger partial charge >= 0.3 is 0 Å². The van der Waals surface area contributed by atoms with Gasteiger partial charge in [-0.15, -0.1) is 0 Å². The van der Waals surface area contributed by atoms with Gasteiger partial charge in [-0.2, -0.15) is 0 Å². The SMILES string of the molecule is CCN(CC)CC(C)NCC1CCOC1C. The summed E-state index contributed by atoms with van der Waals surface area (Å²) >= 11 is 0. The first kappa shape index (κ1) is 13.9. The van der Waals surface area contributed by atoms with Crippen molar-refractivity contribution in [1.29, 1.82) is 0 Å². The largest absolute Gasteiger partial charge is 0.378 e. The van der Waals surface area contributed by atoms with E-state index in [1.54, 1.807) is 0 Å². The number of hydrogen-bond donors (Lipinski definition) is 1. The fourth-order valence-electron chi connectivity index (χ4n) is 2.33. The summed E-state index contributed by atoms with van der Waals surface area (Å²) in [6.45, 7) is 14.4. The van der Waals surface area contributed by atoms with Gasteiger partial charge in [-0.25, -0.2) is 0 Å². The van der Waals surface area contributed by atoms with Gasteiger partial charge in [0, 0.05) is 25.7 Å². The summed E-state index contributed by atoms with van der Waals surface area (Å²) in [5.74, 6) is 0.708. The van der Waals surface area contributed by atoms with E-state index >= 15 is 0 Å². The summed E-state index contributed by atoms with van der Waals surface area (Å²) in [6.07, 6.45) is 1.65. The Morgan fingerprint density at radius 2 is 2.06 bits per heavy atom. The minimum Gasteiger partial charge on any atom is -0.378 e. The monoisotopic (exact) mass is 228 g/mol. The molecule has 3 unspecified atom stereocenters. The lowest BCUT2D eigenvalue weighted by molar-refractivity contribution is 0.104. The van der Waals surface area contributed by atoms with Gasteiger partial charge < -0.3 is 15.0 Å². The van der Waals surface area contributed by atoms with Gasteiger partial charge in [0.2, 0.25) is 0 Å².